The van der Waals surface area contributed by atoms with E-state index in [4.69, 9.17) is 4.42 Å². The van der Waals surface area contributed by atoms with Crippen LogP contribution in [-0.4, -0.2) is 16.0 Å². The molecule has 0 amide bonds. The number of aromatic nitrogens is 2. The van der Waals surface area contributed by atoms with Crippen LogP contribution in [0.3, 0.4) is 0 Å². The second-order valence-electron chi connectivity index (χ2n) is 5.81. The first-order valence-corrected chi connectivity index (χ1v) is 7.81. The lowest BCUT2D eigenvalue weighted by molar-refractivity contribution is 0.101. The fourth-order valence-corrected chi connectivity index (χ4v) is 2.36. The summed E-state index contributed by atoms with van der Waals surface area (Å²) in [6.45, 7) is 5.52. The van der Waals surface area contributed by atoms with Crippen LogP contribution in [0, 0.1) is 6.92 Å². The maximum Gasteiger partial charge on any atom is 0.247 e. The van der Waals surface area contributed by atoms with Crippen LogP contribution < -0.4 is 5.32 Å². The minimum absolute atomic E-state index is 0.0331. The van der Waals surface area contributed by atoms with Crippen molar-refractivity contribution in [2.45, 2.75) is 26.8 Å². The number of benzene rings is 2. The molecule has 1 heterocycles. The van der Waals surface area contributed by atoms with Gasteiger partial charge in [-0.15, -0.1) is 10.2 Å². The van der Waals surface area contributed by atoms with Crippen molar-refractivity contribution in [1.82, 2.24) is 10.2 Å². The molecule has 0 bridgehead atoms. The van der Waals surface area contributed by atoms with Gasteiger partial charge >= 0.3 is 0 Å². The molecule has 0 aliphatic heterocycles. The molecule has 1 N–H and O–H groups in total. The summed E-state index contributed by atoms with van der Waals surface area (Å²) in [5.74, 6) is 1.03. The van der Waals surface area contributed by atoms with Crippen molar-refractivity contribution in [1.29, 1.82) is 0 Å². The molecule has 3 aromatic rings. The molecular formula is C19H19N3O2. The maximum atomic E-state index is 11.5. The van der Waals surface area contributed by atoms with Crippen LogP contribution in [0.4, 0.5) is 5.69 Å². The van der Waals surface area contributed by atoms with Gasteiger partial charge in [0.2, 0.25) is 11.8 Å². The van der Waals surface area contributed by atoms with Gasteiger partial charge in [0, 0.05) is 16.8 Å². The summed E-state index contributed by atoms with van der Waals surface area (Å²) in [7, 11) is 0. The van der Waals surface area contributed by atoms with Gasteiger partial charge in [-0.2, -0.15) is 0 Å². The number of nitrogens with one attached hydrogen (secondary N) is 1. The van der Waals surface area contributed by atoms with Gasteiger partial charge in [-0.05, 0) is 45.0 Å². The van der Waals surface area contributed by atoms with Crippen LogP contribution in [-0.2, 0) is 0 Å². The van der Waals surface area contributed by atoms with E-state index in [2.05, 4.69) is 15.5 Å². The fraction of sp³-hybridized carbons (Fsp3) is 0.211. The summed E-state index contributed by atoms with van der Waals surface area (Å²) in [5, 5.41) is 11.5. The third-order valence-electron chi connectivity index (χ3n) is 3.76. The zero-order chi connectivity index (χ0) is 17.1. The molecule has 122 valence electrons. The second kappa shape index (κ2) is 6.66. The minimum Gasteiger partial charge on any atom is -0.418 e. The van der Waals surface area contributed by atoms with E-state index in [-0.39, 0.29) is 11.8 Å². The van der Waals surface area contributed by atoms with Crippen LogP contribution in [0.15, 0.2) is 52.9 Å². The third-order valence-corrected chi connectivity index (χ3v) is 3.76. The molecular weight excluding hydrogens is 302 g/mol. The molecule has 0 fully saturated rings. The monoisotopic (exact) mass is 321 g/mol. The largest absolute Gasteiger partial charge is 0.418 e. The average molecular weight is 321 g/mol. The quantitative estimate of drug-likeness (QED) is 0.704. The van der Waals surface area contributed by atoms with Gasteiger partial charge < -0.3 is 9.73 Å². The standard InChI is InChI=1S/C19H19N3O2/c1-12-7-9-15(10-8-12)19-22-21-18(24-19)13(2)20-17-6-4-5-16(11-17)14(3)23/h4-11,13,20H,1-3H3/t13-/m0/s1. The summed E-state index contributed by atoms with van der Waals surface area (Å²) in [5.41, 5.74) is 3.58. The normalized spacial score (nSPS) is 12.0. The molecule has 5 nitrogen and oxygen atoms in total. The number of Topliss-reactive ketones (excluding diaryl/α,β-unsaturated/α-hetero) is 1. The van der Waals surface area contributed by atoms with Crippen molar-refractivity contribution in [3.63, 3.8) is 0 Å². The fourth-order valence-electron chi connectivity index (χ4n) is 2.36. The first-order valence-electron chi connectivity index (χ1n) is 7.81. The topological polar surface area (TPSA) is 68.0 Å². The van der Waals surface area contributed by atoms with E-state index in [9.17, 15) is 4.79 Å². The molecule has 0 saturated carbocycles. The highest BCUT2D eigenvalue weighted by Gasteiger charge is 2.15. The van der Waals surface area contributed by atoms with E-state index in [0.717, 1.165) is 11.3 Å². The Morgan fingerprint density at radius 1 is 1.12 bits per heavy atom. The second-order valence-corrected chi connectivity index (χ2v) is 5.81. The van der Waals surface area contributed by atoms with Gasteiger partial charge in [-0.3, -0.25) is 4.79 Å². The summed E-state index contributed by atoms with van der Waals surface area (Å²) >= 11 is 0. The molecule has 0 spiro atoms. The molecule has 0 saturated heterocycles. The number of carbonyl (C=O) groups excluding carboxylic acids is 1. The zero-order valence-electron chi connectivity index (χ0n) is 13.9. The Balaban J connectivity index is 1.76. The molecule has 5 heteroatoms. The minimum atomic E-state index is -0.168. The molecule has 1 atom stereocenters. The molecule has 2 aromatic carbocycles. The van der Waals surface area contributed by atoms with Gasteiger partial charge in [0.15, 0.2) is 5.78 Å². The zero-order valence-corrected chi connectivity index (χ0v) is 13.9. The van der Waals surface area contributed by atoms with Gasteiger partial charge in [0.05, 0.1) is 0 Å². The average Bonchev–Trinajstić information content (AvgIpc) is 3.06. The maximum absolute atomic E-state index is 11.5. The van der Waals surface area contributed by atoms with Crippen LogP contribution in [0.5, 0.6) is 0 Å². The highest BCUT2D eigenvalue weighted by molar-refractivity contribution is 5.94. The van der Waals surface area contributed by atoms with E-state index in [0.29, 0.717) is 17.3 Å². The Morgan fingerprint density at radius 2 is 1.88 bits per heavy atom. The van der Waals surface area contributed by atoms with Gasteiger partial charge in [-0.25, -0.2) is 0 Å². The Morgan fingerprint density at radius 3 is 2.58 bits per heavy atom. The Labute approximate surface area is 140 Å². The summed E-state index contributed by atoms with van der Waals surface area (Å²) in [6, 6.07) is 15.1. The van der Waals surface area contributed by atoms with Crippen molar-refractivity contribution in [3.8, 4) is 11.5 Å². The number of carbonyl (C=O) groups is 1. The lowest BCUT2D eigenvalue weighted by Crippen LogP contribution is -2.07. The number of ketones is 1. The highest BCUT2D eigenvalue weighted by atomic mass is 16.4. The van der Waals surface area contributed by atoms with Gasteiger partial charge in [0.25, 0.3) is 0 Å². The predicted molar refractivity (Wildman–Crippen MR) is 93.0 cm³/mol. The molecule has 0 radical (unpaired) electrons. The van der Waals surface area contributed by atoms with Crippen molar-refractivity contribution in [2.24, 2.45) is 0 Å². The van der Waals surface area contributed by atoms with Crippen molar-refractivity contribution in [2.75, 3.05) is 5.32 Å². The highest BCUT2D eigenvalue weighted by Crippen LogP contribution is 2.23. The Kier molecular flexibility index (Phi) is 4.42. The third kappa shape index (κ3) is 3.51. The number of hydrogen-bond donors (Lipinski definition) is 1. The van der Waals surface area contributed by atoms with Crippen LogP contribution in [0.1, 0.15) is 41.7 Å². The SMILES string of the molecule is CC(=O)c1cccc(N[C@@H](C)c2nnc(-c3ccc(C)cc3)o2)c1. The molecule has 0 aliphatic carbocycles. The van der Waals surface area contributed by atoms with Crippen molar-refractivity contribution >= 4 is 11.5 Å². The lowest BCUT2D eigenvalue weighted by atomic mass is 10.1. The van der Waals surface area contributed by atoms with Crippen LogP contribution in [0.25, 0.3) is 11.5 Å². The van der Waals surface area contributed by atoms with Crippen LogP contribution >= 0.6 is 0 Å². The molecule has 3 rings (SSSR count). The Hall–Kier alpha value is -2.95. The smallest absolute Gasteiger partial charge is 0.247 e. The predicted octanol–water partition coefficient (Wildman–Crippen LogP) is 4.42. The van der Waals surface area contributed by atoms with E-state index >= 15 is 0 Å². The molecule has 24 heavy (non-hydrogen) atoms. The van der Waals surface area contributed by atoms with Crippen LogP contribution in [0.2, 0.25) is 0 Å². The first kappa shape index (κ1) is 15.9. The van der Waals surface area contributed by atoms with Crippen molar-refractivity contribution < 1.29 is 9.21 Å². The Bertz CT molecular complexity index is 853. The number of hydrogen-bond acceptors (Lipinski definition) is 5. The van der Waals surface area contributed by atoms with Crippen molar-refractivity contribution in [3.05, 3.63) is 65.5 Å². The first-order chi connectivity index (χ1) is 11.5. The van der Waals surface area contributed by atoms with E-state index in [1.165, 1.54) is 5.56 Å². The van der Waals surface area contributed by atoms with E-state index in [1.54, 1.807) is 13.0 Å². The van der Waals surface area contributed by atoms with Gasteiger partial charge in [0.1, 0.15) is 6.04 Å². The van der Waals surface area contributed by atoms with Gasteiger partial charge in [-0.1, -0.05) is 29.8 Å². The summed E-state index contributed by atoms with van der Waals surface area (Å²) in [6.07, 6.45) is 0. The number of anilines is 1. The molecule has 0 aliphatic rings. The summed E-state index contributed by atoms with van der Waals surface area (Å²) in [4.78, 5) is 11.5. The van der Waals surface area contributed by atoms with E-state index in [1.807, 2.05) is 56.3 Å². The number of aryl methyl sites for hydroxylation is 1. The number of nitrogens with zero attached hydrogens (tertiary/aromatic N) is 2. The molecule has 1 aromatic heterocycles. The van der Waals surface area contributed by atoms with E-state index < -0.39 is 0 Å². The lowest BCUT2D eigenvalue weighted by Gasteiger charge is -2.12. The summed E-state index contributed by atoms with van der Waals surface area (Å²) < 4.78 is 5.77. The number of rotatable bonds is 5. The molecule has 0 unspecified atom stereocenters.